The first-order chi connectivity index (χ1) is 11.7. The fourth-order valence-corrected chi connectivity index (χ4v) is 2.45. The summed E-state index contributed by atoms with van der Waals surface area (Å²) in [5, 5.41) is 10.9. The number of nitrogens with zero attached hydrogens (tertiary/aromatic N) is 3. The van der Waals surface area contributed by atoms with Crippen LogP contribution in [0.15, 0.2) is 53.5 Å². The van der Waals surface area contributed by atoms with Gasteiger partial charge in [0.05, 0.1) is 11.1 Å². The van der Waals surface area contributed by atoms with Gasteiger partial charge < -0.3 is 4.90 Å². The van der Waals surface area contributed by atoms with Crippen LogP contribution in [0.1, 0.15) is 26.3 Å². The quantitative estimate of drug-likeness (QED) is 0.617. The Labute approximate surface area is 145 Å². The molecule has 0 saturated heterocycles. The predicted molar refractivity (Wildman–Crippen MR) is 94.1 cm³/mol. The van der Waals surface area contributed by atoms with Crippen molar-refractivity contribution in [2.75, 3.05) is 0 Å². The highest BCUT2D eigenvalue weighted by molar-refractivity contribution is 5.76. The lowest BCUT2D eigenvalue weighted by molar-refractivity contribution is -0.385. The Morgan fingerprint density at radius 3 is 2.36 bits per heavy atom. The van der Waals surface area contributed by atoms with Gasteiger partial charge in [-0.05, 0) is 26.3 Å². The molecule has 1 aromatic heterocycles. The zero-order valence-corrected chi connectivity index (χ0v) is 14.5. The van der Waals surface area contributed by atoms with E-state index in [4.69, 9.17) is 0 Å². The second kappa shape index (κ2) is 7.29. The average molecular weight is 343 g/mol. The maximum absolute atomic E-state index is 12.8. The Balaban J connectivity index is 2.27. The van der Waals surface area contributed by atoms with Gasteiger partial charge >= 0.3 is 0 Å². The molecule has 7 nitrogen and oxygen atoms in total. The smallest absolute Gasteiger partial charge is 0.285 e. The fraction of sp³-hybridized carbons (Fsp3) is 0.333. The highest BCUT2D eigenvalue weighted by Crippen LogP contribution is 2.18. The standard InChI is InChI=1S/C18H21N3O4/c1-18(2,3)20(11-14-7-5-4-6-8-14)17(23)13-19-12-15(21(24)25)9-10-16(19)22/h4-10,12H,11,13H2,1-3H3. The summed E-state index contributed by atoms with van der Waals surface area (Å²) in [5.41, 5.74) is -0.167. The van der Waals surface area contributed by atoms with Gasteiger partial charge in [-0.15, -0.1) is 0 Å². The first-order valence-electron chi connectivity index (χ1n) is 7.88. The minimum absolute atomic E-state index is 0.224. The van der Waals surface area contributed by atoms with E-state index in [-0.39, 0.29) is 18.1 Å². The molecule has 1 amide bonds. The van der Waals surface area contributed by atoms with Crippen molar-refractivity contribution < 1.29 is 9.72 Å². The van der Waals surface area contributed by atoms with E-state index < -0.39 is 16.0 Å². The summed E-state index contributed by atoms with van der Waals surface area (Å²) < 4.78 is 1.07. The van der Waals surface area contributed by atoms with Gasteiger partial charge in [-0.25, -0.2) is 0 Å². The summed E-state index contributed by atoms with van der Waals surface area (Å²) in [6.45, 7) is 5.87. The van der Waals surface area contributed by atoms with Gasteiger partial charge in [-0.2, -0.15) is 0 Å². The topological polar surface area (TPSA) is 85.4 Å². The number of amides is 1. The molecule has 0 bridgehead atoms. The van der Waals surface area contributed by atoms with Crippen LogP contribution < -0.4 is 5.56 Å². The second-order valence-electron chi connectivity index (χ2n) is 6.75. The summed E-state index contributed by atoms with van der Waals surface area (Å²) in [7, 11) is 0. The molecular weight excluding hydrogens is 322 g/mol. The van der Waals surface area contributed by atoms with Crippen LogP contribution in [0, 0.1) is 10.1 Å². The lowest BCUT2D eigenvalue weighted by Crippen LogP contribution is -2.47. The number of hydrogen-bond acceptors (Lipinski definition) is 4. The summed E-state index contributed by atoms with van der Waals surface area (Å²) in [5.74, 6) is -0.279. The molecule has 0 fully saturated rings. The van der Waals surface area contributed by atoms with E-state index in [0.29, 0.717) is 6.54 Å². The van der Waals surface area contributed by atoms with E-state index in [0.717, 1.165) is 28.5 Å². The van der Waals surface area contributed by atoms with Crippen molar-refractivity contribution in [2.24, 2.45) is 0 Å². The summed E-state index contributed by atoms with van der Waals surface area (Å²) >= 11 is 0. The molecule has 0 aliphatic carbocycles. The van der Waals surface area contributed by atoms with Crippen molar-refractivity contribution in [3.63, 3.8) is 0 Å². The number of carbonyl (C=O) groups is 1. The van der Waals surface area contributed by atoms with Crippen LogP contribution in [-0.2, 0) is 17.9 Å². The molecule has 0 aliphatic heterocycles. The summed E-state index contributed by atoms with van der Waals surface area (Å²) in [4.78, 5) is 36.7. The number of carbonyl (C=O) groups excluding carboxylic acids is 1. The van der Waals surface area contributed by atoms with E-state index in [1.165, 1.54) is 0 Å². The van der Waals surface area contributed by atoms with E-state index >= 15 is 0 Å². The first-order valence-corrected chi connectivity index (χ1v) is 7.88. The van der Waals surface area contributed by atoms with Crippen LogP contribution in [0.2, 0.25) is 0 Å². The highest BCUT2D eigenvalue weighted by atomic mass is 16.6. The number of pyridine rings is 1. The molecule has 25 heavy (non-hydrogen) atoms. The van der Waals surface area contributed by atoms with Crippen molar-refractivity contribution in [2.45, 2.75) is 39.4 Å². The van der Waals surface area contributed by atoms with Gasteiger partial charge in [-0.3, -0.25) is 24.3 Å². The molecule has 2 aromatic rings. The monoisotopic (exact) mass is 343 g/mol. The van der Waals surface area contributed by atoms with Gasteiger partial charge in [0.15, 0.2) is 0 Å². The van der Waals surface area contributed by atoms with Gasteiger partial charge in [-0.1, -0.05) is 30.3 Å². The minimum Gasteiger partial charge on any atom is -0.332 e. The van der Waals surface area contributed by atoms with Gasteiger partial charge in [0.1, 0.15) is 6.54 Å². The number of aromatic nitrogens is 1. The third-order valence-corrected chi connectivity index (χ3v) is 3.78. The molecule has 2 rings (SSSR count). The van der Waals surface area contributed by atoms with E-state index in [1.54, 1.807) is 4.90 Å². The third kappa shape index (κ3) is 4.76. The number of hydrogen-bond donors (Lipinski definition) is 0. The molecule has 132 valence electrons. The molecule has 0 radical (unpaired) electrons. The van der Waals surface area contributed by atoms with Crippen molar-refractivity contribution in [3.8, 4) is 0 Å². The predicted octanol–water partition coefficient (Wildman–Crippen LogP) is 2.58. The Kier molecular flexibility index (Phi) is 5.36. The van der Waals surface area contributed by atoms with Crippen LogP contribution in [0.5, 0.6) is 0 Å². The van der Waals surface area contributed by atoms with Crippen molar-refractivity contribution in [3.05, 3.63) is 74.7 Å². The van der Waals surface area contributed by atoms with Crippen LogP contribution in [0.3, 0.4) is 0 Å². The molecule has 0 N–H and O–H groups in total. The Bertz CT molecular complexity index is 822. The molecule has 0 spiro atoms. The van der Waals surface area contributed by atoms with Crippen LogP contribution >= 0.6 is 0 Å². The van der Waals surface area contributed by atoms with Crippen LogP contribution in [0.4, 0.5) is 5.69 Å². The van der Waals surface area contributed by atoms with E-state index in [1.807, 2.05) is 51.1 Å². The maximum Gasteiger partial charge on any atom is 0.285 e. The maximum atomic E-state index is 12.8. The Morgan fingerprint density at radius 1 is 1.16 bits per heavy atom. The lowest BCUT2D eigenvalue weighted by atomic mass is 10.0. The number of benzene rings is 1. The number of nitro groups is 1. The molecule has 0 unspecified atom stereocenters. The SMILES string of the molecule is CC(C)(C)N(Cc1ccccc1)C(=O)Cn1cc([N+](=O)[O-])ccc1=O. The van der Waals surface area contributed by atoms with Crippen LogP contribution in [0.25, 0.3) is 0 Å². The molecule has 0 atom stereocenters. The van der Waals surface area contributed by atoms with E-state index in [2.05, 4.69) is 0 Å². The minimum atomic E-state index is -0.591. The van der Waals surface area contributed by atoms with Gasteiger partial charge in [0.25, 0.3) is 11.2 Å². The summed E-state index contributed by atoms with van der Waals surface area (Å²) in [6, 6.07) is 11.8. The zero-order valence-electron chi connectivity index (χ0n) is 14.5. The molecule has 1 aromatic carbocycles. The molecule has 0 saturated carbocycles. The fourth-order valence-electron chi connectivity index (χ4n) is 2.45. The highest BCUT2D eigenvalue weighted by Gasteiger charge is 2.27. The second-order valence-corrected chi connectivity index (χ2v) is 6.75. The Morgan fingerprint density at radius 2 is 1.80 bits per heavy atom. The molecule has 0 aliphatic rings. The lowest BCUT2D eigenvalue weighted by Gasteiger charge is -2.36. The third-order valence-electron chi connectivity index (χ3n) is 3.78. The average Bonchev–Trinajstić information content (AvgIpc) is 2.54. The molecule has 1 heterocycles. The van der Waals surface area contributed by atoms with Crippen molar-refractivity contribution >= 4 is 11.6 Å². The van der Waals surface area contributed by atoms with E-state index in [9.17, 15) is 19.7 Å². The largest absolute Gasteiger partial charge is 0.332 e. The normalized spacial score (nSPS) is 11.2. The molecule has 7 heteroatoms. The number of rotatable bonds is 5. The zero-order chi connectivity index (χ0) is 18.6. The summed E-state index contributed by atoms with van der Waals surface area (Å²) in [6.07, 6.45) is 1.10. The van der Waals surface area contributed by atoms with Gasteiger partial charge in [0, 0.05) is 24.2 Å². The van der Waals surface area contributed by atoms with Crippen molar-refractivity contribution in [1.82, 2.24) is 9.47 Å². The Hall–Kier alpha value is -2.96. The first kappa shape index (κ1) is 18.4. The molecular formula is C18H21N3O4. The van der Waals surface area contributed by atoms with Crippen molar-refractivity contribution in [1.29, 1.82) is 0 Å². The van der Waals surface area contributed by atoms with Gasteiger partial charge in [0.2, 0.25) is 5.91 Å². The van der Waals surface area contributed by atoms with Crippen LogP contribution in [-0.4, -0.2) is 25.8 Å².